The Morgan fingerprint density at radius 2 is 2.04 bits per heavy atom. The smallest absolute Gasteiger partial charge is 0.336 e. The van der Waals surface area contributed by atoms with E-state index in [-0.39, 0.29) is 11.0 Å². The van der Waals surface area contributed by atoms with Gasteiger partial charge >= 0.3 is 5.63 Å². The first-order valence-electron chi connectivity index (χ1n) is 7.32. The fraction of sp³-hybridized carbons (Fsp3) is 0.312. The molecule has 0 radical (unpaired) electrons. The van der Waals surface area contributed by atoms with E-state index >= 15 is 0 Å². The zero-order valence-corrected chi connectivity index (χ0v) is 15.9. The number of aromatic nitrogens is 3. The summed E-state index contributed by atoms with van der Waals surface area (Å²) in [6.45, 7) is 6.09. The van der Waals surface area contributed by atoms with E-state index in [9.17, 15) is 4.79 Å². The lowest BCUT2D eigenvalue weighted by Gasteiger charge is -2.16. The molecule has 0 fully saturated rings. The minimum Gasteiger partial charge on any atom is -0.423 e. The molecule has 0 atom stereocenters. The van der Waals surface area contributed by atoms with Crippen LogP contribution in [0.15, 0.2) is 43.1 Å². The van der Waals surface area contributed by atoms with Crippen LogP contribution in [0.25, 0.3) is 11.0 Å². The van der Waals surface area contributed by atoms with Crippen LogP contribution in [0.2, 0.25) is 0 Å². The molecule has 2 N–H and O–H groups in total. The summed E-state index contributed by atoms with van der Waals surface area (Å²) >= 11 is 4.82. The third-order valence-corrected chi connectivity index (χ3v) is 4.97. The summed E-state index contributed by atoms with van der Waals surface area (Å²) in [5.74, 6) is 7.36. The average molecular weight is 409 g/mol. The highest BCUT2D eigenvalue weighted by Gasteiger charge is 2.23. The third kappa shape index (κ3) is 3.34. The number of rotatable bonds is 3. The van der Waals surface area contributed by atoms with E-state index in [0.717, 1.165) is 15.4 Å². The van der Waals surface area contributed by atoms with Gasteiger partial charge in [0, 0.05) is 27.1 Å². The van der Waals surface area contributed by atoms with Crippen molar-refractivity contribution in [3.05, 3.63) is 50.5 Å². The van der Waals surface area contributed by atoms with E-state index in [4.69, 9.17) is 10.3 Å². The summed E-state index contributed by atoms with van der Waals surface area (Å²) in [7, 11) is 0. The fourth-order valence-corrected chi connectivity index (χ4v) is 3.54. The van der Waals surface area contributed by atoms with Gasteiger partial charge < -0.3 is 10.3 Å². The van der Waals surface area contributed by atoms with Crippen molar-refractivity contribution >= 4 is 38.7 Å². The first kappa shape index (κ1) is 17.0. The number of hydrogen-bond acceptors (Lipinski definition) is 6. The van der Waals surface area contributed by atoms with Crippen LogP contribution in [0.5, 0.6) is 0 Å². The predicted molar refractivity (Wildman–Crippen MR) is 98.6 cm³/mol. The lowest BCUT2D eigenvalue weighted by molar-refractivity contribution is 0.523. The van der Waals surface area contributed by atoms with Gasteiger partial charge in [-0.1, -0.05) is 48.5 Å². The number of nitrogens with two attached hydrogens (primary N) is 1. The molecule has 6 nitrogen and oxygen atoms in total. The van der Waals surface area contributed by atoms with Gasteiger partial charge in [-0.15, -0.1) is 10.2 Å². The van der Waals surface area contributed by atoms with E-state index in [1.807, 2.05) is 32.9 Å². The Bertz CT molecular complexity index is 959. The van der Waals surface area contributed by atoms with E-state index in [2.05, 4.69) is 26.1 Å². The number of hydrogen-bond donors (Lipinski definition) is 1. The van der Waals surface area contributed by atoms with Gasteiger partial charge in [0.15, 0.2) is 5.82 Å². The Morgan fingerprint density at radius 1 is 1.29 bits per heavy atom. The highest BCUT2D eigenvalue weighted by molar-refractivity contribution is 9.10. The molecule has 24 heavy (non-hydrogen) atoms. The van der Waals surface area contributed by atoms with Gasteiger partial charge in [0.05, 0.1) is 0 Å². The van der Waals surface area contributed by atoms with Crippen molar-refractivity contribution in [2.45, 2.75) is 37.1 Å². The first-order valence-corrected chi connectivity index (χ1v) is 9.09. The maximum absolute atomic E-state index is 11.8. The summed E-state index contributed by atoms with van der Waals surface area (Å²) < 4.78 is 7.62. The maximum atomic E-state index is 11.8. The van der Waals surface area contributed by atoms with Crippen molar-refractivity contribution in [1.82, 2.24) is 14.9 Å². The summed E-state index contributed by atoms with van der Waals surface area (Å²) in [5.41, 5.74) is 0.866. The summed E-state index contributed by atoms with van der Waals surface area (Å²) in [5, 5.41) is 9.83. The molecule has 0 amide bonds. The zero-order chi connectivity index (χ0) is 17.5. The van der Waals surface area contributed by atoms with Gasteiger partial charge in [-0.05, 0) is 23.8 Å². The Labute approximate surface area is 151 Å². The molecule has 0 saturated carbocycles. The molecule has 0 aliphatic heterocycles. The first-order chi connectivity index (χ1) is 11.3. The normalized spacial score (nSPS) is 12.0. The van der Waals surface area contributed by atoms with Crippen LogP contribution in [-0.2, 0) is 11.2 Å². The second-order valence-electron chi connectivity index (χ2n) is 6.45. The molecule has 0 aliphatic rings. The minimum atomic E-state index is -0.374. The number of halogens is 1. The van der Waals surface area contributed by atoms with Crippen molar-refractivity contribution in [3.63, 3.8) is 0 Å². The zero-order valence-electron chi connectivity index (χ0n) is 13.5. The van der Waals surface area contributed by atoms with Crippen molar-refractivity contribution in [2.24, 2.45) is 0 Å². The van der Waals surface area contributed by atoms with Crippen LogP contribution < -0.4 is 11.5 Å². The highest BCUT2D eigenvalue weighted by Crippen LogP contribution is 2.28. The molecule has 1 aromatic carbocycles. The average Bonchev–Trinajstić information content (AvgIpc) is 2.85. The number of fused-ring (bicyclic) bond motifs is 1. The Kier molecular flexibility index (Phi) is 4.44. The van der Waals surface area contributed by atoms with Crippen LogP contribution in [0.3, 0.4) is 0 Å². The van der Waals surface area contributed by atoms with Crippen molar-refractivity contribution in [1.29, 1.82) is 0 Å². The lowest BCUT2D eigenvalue weighted by Crippen LogP contribution is -2.24. The van der Waals surface area contributed by atoms with E-state index in [1.54, 1.807) is 6.07 Å². The van der Waals surface area contributed by atoms with Gasteiger partial charge in [-0.25, -0.2) is 9.47 Å². The van der Waals surface area contributed by atoms with E-state index in [0.29, 0.717) is 22.3 Å². The molecule has 2 aromatic heterocycles. The number of thioether (sulfide) groups is 1. The number of benzene rings is 1. The number of nitrogens with zero attached hydrogens (tertiary/aromatic N) is 3. The monoisotopic (exact) mass is 408 g/mol. The van der Waals surface area contributed by atoms with Crippen LogP contribution >= 0.6 is 27.7 Å². The summed E-state index contributed by atoms with van der Waals surface area (Å²) in [6, 6.07) is 7.13. The Balaban J connectivity index is 1.92. The Morgan fingerprint density at radius 3 is 2.71 bits per heavy atom. The van der Waals surface area contributed by atoms with Crippen LogP contribution in [0, 0.1) is 0 Å². The summed E-state index contributed by atoms with van der Waals surface area (Å²) in [4.78, 5) is 11.8. The van der Waals surface area contributed by atoms with Gasteiger partial charge in [-0.2, -0.15) is 0 Å². The largest absolute Gasteiger partial charge is 0.423 e. The molecule has 2 heterocycles. The fourth-order valence-electron chi connectivity index (χ4n) is 2.35. The lowest BCUT2D eigenvalue weighted by atomic mass is 9.96. The quantitative estimate of drug-likeness (QED) is 0.405. The van der Waals surface area contributed by atoms with Crippen molar-refractivity contribution < 1.29 is 4.42 Å². The molecular weight excluding hydrogens is 392 g/mol. The van der Waals surface area contributed by atoms with Gasteiger partial charge in [-0.3, -0.25) is 0 Å². The molecule has 0 bridgehead atoms. The molecule has 0 unspecified atom stereocenters. The minimum absolute atomic E-state index is 0.187. The van der Waals surface area contributed by atoms with Crippen LogP contribution in [0.1, 0.15) is 32.2 Å². The van der Waals surface area contributed by atoms with Crippen LogP contribution in [-0.4, -0.2) is 14.9 Å². The van der Waals surface area contributed by atoms with Gasteiger partial charge in [0.1, 0.15) is 5.58 Å². The second kappa shape index (κ2) is 6.25. The SMILES string of the molecule is CC(C)(C)c1nnc(SCc2cc(=O)oc3cc(Br)ccc23)n1N. The van der Waals surface area contributed by atoms with Crippen molar-refractivity contribution in [3.8, 4) is 0 Å². The molecule has 0 aliphatic carbocycles. The van der Waals surface area contributed by atoms with E-state index < -0.39 is 0 Å². The topological polar surface area (TPSA) is 86.9 Å². The molecule has 0 spiro atoms. The molecule has 8 heteroatoms. The molecule has 3 aromatic rings. The summed E-state index contributed by atoms with van der Waals surface area (Å²) in [6.07, 6.45) is 0. The third-order valence-electron chi connectivity index (χ3n) is 3.48. The second-order valence-corrected chi connectivity index (χ2v) is 8.30. The molecule has 0 saturated heterocycles. The number of nitrogen functional groups attached to an aromatic ring is 1. The van der Waals surface area contributed by atoms with E-state index in [1.165, 1.54) is 22.5 Å². The van der Waals surface area contributed by atoms with Crippen molar-refractivity contribution in [2.75, 3.05) is 5.84 Å². The molecule has 3 rings (SSSR count). The molecular formula is C16H17BrN4O2S. The Hall–Kier alpha value is -1.80. The highest BCUT2D eigenvalue weighted by atomic mass is 79.9. The molecule has 126 valence electrons. The predicted octanol–water partition coefficient (Wildman–Crippen LogP) is 3.45. The maximum Gasteiger partial charge on any atom is 0.336 e. The van der Waals surface area contributed by atoms with Crippen LogP contribution in [0.4, 0.5) is 0 Å². The standard InChI is InChI=1S/C16H17BrN4O2S/c1-16(2,3)14-19-20-15(21(14)18)24-8-9-6-13(22)23-12-7-10(17)4-5-11(9)12/h4-7H,8,18H2,1-3H3. The van der Waals surface area contributed by atoms with Gasteiger partial charge in [0.25, 0.3) is 0 Å². The van der Waals surface area contributed by atoms with Gasteiger partial charge in [0.2, 0.25) is 5.16 Å².